The first-order valence-corrected chi connectivity index (χ1v) is 15.1. The molecule has 1 saturated carbocycles. The Bertz CT molecular complexity index is 1420. The lowest BCUT2D eigenvalue weighted by Gasteiger charge is -2.36. The van der Waals surface area contributed by atoms with Gasteiger partial charge in [-0.2, -0.15) is 16.8 Å². The van der Waals surface area contributed by atoms with Gasteiger partial charge in [-0.3, -0.25) is 14.1 Å². The molecular weight excluding hydrogens is 544 g/mol. The molecule has 1 fully saturated rings. The Hall–Kier alpha value is -3.16. The molecule has 2 aliphatic rings. The fourth-order valence-electron chi connectivity index (χ4n) is 4.39. The van der Waals surface area contributed by atoms with Crippen LogP contribution < -0.4 is 5.32 Å². The third kappa shape index (κ3) is 7.93. The highest BCUT2D eigenvalue weighted by atomic mass is 32.2. The Morgan fingerprint density at radius 1 is 0.846 bits per heavy atom. The normalized spacial score (nSPS) is 20.1. The lowest BCUT2D eigenvalue weighted by molar-refractivity contribution is -0.0321. The van der Waals surface area contributed by atoms with Gasteiger partial charge in [-0.05, 0) is 76.9 Å². The number of aryl methyl sites for hydroxylation is 2. The molecule has 39 heavy (non-hydrogen) atoms. The molecule has 3 aromatic rings. The summed E-state index contributed by atoms with van der Waals surface area (Å²) in [5.74, 6) is -0.190. The average Bonchev–Trinajstić information content (AvgIpc) is 3.16. The van der Waals surface area contributed by atoms with E-state index in [4.69, 9.17) is 13.8 Å². The zero-order valence-corrected chi connectivity index (χ0v) is 23.5. The number of aromatic nitrogens is 1. The van der Waals surface area contributed by atoms with E-state index in [2.05, 4.69) is 10.3 Å². The van der Waals surface area contributed by atoms with Gasteiger partial charge in [-0.25, -0.2) is 4.79 Å². The van der Waals surface area contributed by atoms with Crippen molar-refractivity contribution in [2.24, 2.45) is 0 Å². The molecule has 210 valence electrons. The second-order valence-corrected chi connectivity index (χ2v) is 12.3. The summed E-state index contributed by atoms with van der Waals surface area (Å²) in [6, 6.07) is 14.3. The van der Waals surface area contributed by atoms with Crippen LogP contribution in [0.4, 0.5) is 0 Å². The highest BCUT2D eigenvalue weighted by molar-refractivity contribution is 7.86. The van der Waals surface area contributed by atoms with Gasteiger partial charge in [0.1, 0.15) is 5.60 Å². The lowest BCUT2D eigenvalue weighted by Crippen LogP contribution is -2.38. The first-order valence-electron chi connectivity index (χ1n) is 12.2. The van der Waals surface area contributed by atoms with Crippen molar-refractivity contribution in [2.45, 2.75) is 61.0 Å². The second-order valence-electron chi connectivity index (χ2n) is 9.44. The van der Waals surface area contributed by atoms with Crippen LogP contribution in [0.2, 0.25) is 0 Å². The molecule has 2 aromatic carbocycles. The van der Waals surface area contributed by atoms with Crippen LogP contribution in [0.1, 0.15) is 52.7 Å². The van der Waals surface area contributed by atoms with Crippen LogP contribution in [-0.4, -0.2) is 50.0 Å². The number of fused-ring (bicyclic) bond motifs is 2. The molecule has 1 aromatic heterocycles. The molecule has 5 rings (SSSR count). The third-order valence-corrected chi connectivity index (χ3v) is 8.39. The van der Waals surface area contributed by atoms with E-state index in [0.29, 0.717) is 11.6 Å². The van der Waals surface area contributed by atoms with Crippen molar-refractivity contribution in [1.82, 2.24) is 10.3 Å². The number of rotatable bonds is 3. The van der Waals surface area contributed by atoms with Crippen molar-refractivity contribution < 1.29 is 35.5 Å². The molecule has 0 saturated heterocycles. The van der Waals surface area contributed by atoms with Gasteiger partial charge in [0.2, 0.25) is 0 Å². The fraction of sp³-hybridized carbons (Fsp3) is 0.333. The monoisotopic (exact) mass is 576 g/mol. The summed E-state index contributed by atoms with van der Waals surface area (Å²) in [5.41, 5.74) is 3.20. The standard InChI is InChI=1S/C13H16N2O2.2C7H8O3S/c1-14-9-2-5-13(6-3-9)11-8-15-7-4-10(11)12(16)17-13;2*1-6-2-4-7(5-3-6)11(8,9)10/h4,7-9,14H,2-3,5-6H2,1H3;2*2-5H,1H3,(H,8,9,10). The van der Waals surface area contributed by atoms with Crippen LogP contribution >= 0.6 is 0 Å². The van der Waals surface area contributed by atoms with Crippen LogP contribution in [0.3, 0.4) is 0 Å². The average molecular weight is 577 g/mol. The number of nitrogens with one attached hydrogen (secondary N) is 1. The number of hydrogen-bond acceptors (Lipinski definition) is 8. The van der Waals surface area contributed by atoms with Gasteiger partial charge in [0, 0.05) is 24.0 Å². The maximum atomic E-state index is 11.8. The number of pyridine rings is 1. The topological polar surface area (TPSA) is 160 Å². The number of carbonyl (C=O) groups is 1. The summed E-state index contributed by atoms with van der Waals surface area (Å²) in [7, 11) is -6.05. The number of hydrogen-bond donors (Lipinski definition) is 3. The van der Waals surface area contributed by atoms with Crippen LogP contribution in [0, 0.1) is 13.8 Å². The molecule has 0 radical (unpaired) electrons. The number of carbonyl (C=O) groups excluding carboxylic acids is 1. The van der Waals surface area contributed by atoms with Gasteiger partial charge in [0.15, 0.2) is 0 Å². The van der Waals surface area contributed by atoms with Gasteiger partial charge in [0.05, 0.1) is 15.4 Å². The predicted molar refractivity (Wildman–Crippen MR) is 145 cm³/mol. The van der Waals surface area contributed by atoms with Gasteiger partial charge >= 0.3 is 5.97 Å². The highest BCUT2D eigenvalue weighted by Crippen LogP contribution is 2.46. The molecule has 0 bridgehead atoms. The second kappa shape index (κ2) is 12.3. The highest BCUT2D eigenvalue weighted by Gasteiger charge is 2.47. The molecule has 10 nitrogen and oxygen atoms in total. The predicted octanol–water partition coefficient (Wildman–Crippen LogP) is 4.09. The van der Waals surface area contributed by atoms with E-state index in [1.807, 2.05) is 20.9 Å². The maximum Gasteiger partial charge on any atom is 0.339 e. The Morgan fingerprint density at radius 2 is 1.31 bits per heavy atom. The summed E-state index contributed by atoms with van der Waals surface area (Å²) in [5, 5.41) is 3.29. The minimum atomic E-state index is -4.02. The summed E-state index contributed by atoms with van der Waals surface area (Å²) in [4.78, 5) is 15.8. The maximum absolute atomic E-state index is 11.8. The van der Waals surface area contributed by atoms with E-state index < -0.39 is 25.8 Å². The summed E-state index contributed by atoms with van der Waals surface area (Å²) in [6.45, 7) is 3.68. The van der Waals surface area contributed by atoms with Gasteiger partial charge in [0.25, 0.3) is 20.2 Å². The fourth-order valence-corrected chi connectivity index (χ4v) is 5.35. The Balaban J connectivity index is 0.000000169. The van der Waals surface area contributed by atoms with E-state index in [-0.39, 0.29) is 15.8 Å². The molecule has 0 amide bonds. The first-order chi connectivity index (χ1) is 18.2. The third-order valence-electron chi connectivity index (χ3n) is 6.66. The Labute approximate surface area is 228 Å². The van der Waals surface area contributed by atoms with Crippen molar-refractivity contribution in [3.63, 3.8) is 0 Å². The molecule has 3 N–H and O–H groups in total. The molecule has 0 atom stereocenters. The molecule has 12 heteroatoms. The number of benzene rings is 2. The lowest BCUT2D eigenvalue weighted by atomic mass is 9.78. The molecule has 1 spiro atoms. The first kappa shape index (κ1) is 30.4. The van der Waals surface area contributed by atoms with Crippen molar-refractivity contribution in [1.29, 1.82) is 0 Å². The van der Waals surface area contributed by atoms with Gasteiger partial charge in [-0.15, -0.1) is 0 Å². The Kier molecular flexibility index (Phi) is 9.62. The van der Waals surface area contributed by atoms with Gasteiger partial charge in [-0.1, -0.05) is 35.4 Å². The van der Waals surface area contributed by atoms with Crippen LogP contribution in [-0.2, 0) is 30.6 Å². The Morgan fingerprint density at radius 3 is 1.72 bits per heavy atom. The quantitative estimate of drug-likeness (QED) is 0.306. The smallest absolute Gasteiger partial charge is 0.339 e. The minimum Gasteiger partial charge on any atom is -0.450 e. The SMILES string of the molecule is CNC1CCC2(CC1)OC(=O)c1ccncc12.Cc1ccc(S(=O)(=O)O)cc1.Cc1ccc(S(=O)(=O)O)cc1. The number of nitrogens with zero attached hydrogens (tertiary/aromatic N) is 1. The van der Waals surface area contributed by atoms with Crippen molar-refractivity contribution in [2.75, 3.05) is 7.05 Å². The van der Waals surface area contributed by atoms with E-state index in [1.54, 1.807) is 42.7 Å². The van der Waals surface area contributed by atoms with E-state index in [9.17, 15) is 21.6 Å². The summed E-state index contributed by atoms with van der Waals surface area (Å²) in [6.07, 6.45) is 7.31. The molecule has 2 heterocycles. The van der Waals surface area contributed by atoms with Crippen molar-refractivity contribution in [3.05, 3.63) is 89.2 Å². The molecule has 1 aliphatic heterocycles. The van der Waals surface area contributed by atoms with Crippen LogP contribution in [0.15, 0.2) is 76.8 Å². The van der Waals surface area contributed by atoms with Gasteiger partial charge < -0.3 is 10.1 Å². The number of ether oxygens (including phenoxy) is 1. The van der Waals surface area contributed by atoms with Crippen molar-refractivity contribution in [3.8, 4) is 0 Å². The molecule has 1 aliphatic carbocycles. The zero-order chi connectivity index (χ0) is 28.8. The van der Waals surface area contributed by atoms with Crippen LogP contribution in [0.5, 0.6) is 0 Å². The minimum absolute atomic E-state index is 0.0666. The summed E-state index contributed by atoms with van der Waals surface area (Å²) >= 11 is 0. The summed E-state index contributed by atoms with van der Waals surface area (Å²) < 4.78 is 64.7. The zero-order valence-electron chi connectivity index (χ0n) is 21.9. The molecular formula is C27H32N2O8S2. The number of esters is 1. The molecule has 0 unspecified atom stereocenters. The van der Waals surface area contributed by atoms with Crippen molar-refractivity contribution >= 4 is 26.2 Å². The van der Waals surface area contributed by atoms with E-state index >= 15 is 0 Å². The van der Waals surface area contributed by atoms with E-state index in [1.165, 1.54) is 24.3 Å². The van der Waals surface area contributed by atoms with Crippen LogP contribution in [0.25, 0.3) is 0 Å². The largest absolute Gasteiger partial charge is 0.450 e. The van der Waals surface area contributed by atoms with E-state index in [0.717, 1.165) is 42.4 Å².